The molecule has 0 atom stereocenters. The van der Waals surface area contributed by atoms with Crippen molar-refractivity contribution in [2.75, 3.05) is 12.5 Å². The number of halogens is 1. The molecule has 0 aromatic rings. The fourth-order valence-corrected chi connectivity index (χ4v) is 0.388. The maximum atomic E-state index is 10.4. The van der Waals surface area contributed by atoms with Gasteiger partial charge >= 0.3 is 6.09 Å². The van der Waals surface area contributed by atoms with Crippen molar-refractivity contribution in [2.24, 2.45) is 0 Å². The summed E-state index contributed by atoms with van der Waals surface area (Å²) in [5.41, 5.74) is 0. The zero-order valence-corrected chi connectivity index (χ0v) is 6.27. The lowest BCUT2D eigenvalue weighted by Gasteiger charge is -2.00. The Balaban J connectivity index is 3.35. The molecular weight excluding hydrogens is 158 g/mol. The third-order valence-electron chi connectivity index (χ3n) is 0.588. The van der Waals surface area contributed by atoms with Crippen LogP contribution in [0.2, 0.25) is 0 Å². The van der Waals surface area contributed by atoms with Gasteiger partial charge in [0, 0.05) is 6.92 Å². The molecule has 10 heavy (non-hydrogen) atoms. The van der Waals surface area contributed by atoms with Crippen LogP contribution in [-0.4, -0.2) is 24.5 Å². The normalized spacial score (nSPS) is 8.60. The van der Waals surface area contributed by atoms with Gasteiger partial charge in [-0.25, -0.2) is 4.79 Å². The van der Waals surface area contributed by atoms with E-state index in [1.165, 1.54) is 6.92 Å². The first-order chi connectivity index (χ1) is 4.66. The van der Waals surface area contributed by atoms with Crippen LogP contribution in [0.1, 0.15) is 6.92 Å². The third-order valence-corrected chi connectivity index (χ3v) is 0.743. The number of rotatable bonds is 2. The molecule has 0 saturated heterocycles. The zero-order valence-electron chi connectivity index (χ0n) is 5.52. The van der Waals surface area contributed by atoms with E-state index in [9.17, 15) is 9.59 Å². The van der Waals surface area contributed by atoms with E-state index in [4.69, 9.17) is 11.6 Å². The Morgan fingerprint density at radius 1 is 1.60 bits per heavy atom. The van der Waals surface area contributed by atoms with E-state index in [0.29, 0.717) is 0 Å². The number of hydrogen-bond acceptors (Lipinski definition) is 3. The van der Waals surface area contributed by atoms with E-state index in [-0.39, 0.29) is 12.5 Å². The van der Waals surface area contributed by atoms with Gasteiger partial charge in [-0.1, -0.05) is 0 Å². The Morgan fingerprint density at radius 3 is 2.60 bits per heavy atom. The maximum Gasteiger partial charge on any atom is 0.413 e. The van der Waals surface area contributed by atoms with Gasteiger partial charge in [-0.15, -0.1) is 11.6 Å². The molecule has 0 unspecified atom stereocenters. The van der Waals surface area contributed by atoms with Gasteiger partial charge in [0.1, 0.15) is 6.61 Å². The van der Waals surface area contributed by atoms with Crippen molar-refractivity contribution >= 4 is 23.6 Å². The van der Waals surface area contributed by atoms with Gasteiger partial charge < -0.3 is 4.74 Å². The van der Waals surface area contributed by atoms with Gasteiger partial charge in [-0.2, -0.15) is 0 Å². The first-order valence-electron chi connectivity index (χ1n) is 2.67. The minimum atomic E-state index is -0.756. The highest BCUT2D eigenvalue weighted by atomic mass is 35.5. The highest BCUT2D eigenvalue weighted by Gasteiger charge is 2.01. The molecule has 0 aromatic carbocycles. The minimum absolute atomic E-state index is 0.112. The number of alkyl halides is 1. The Hall–Kier alpha value is -0.770. The number of alkyl carbamates (subject to hydrolysis) is 1. The average molecular weight is 166 g/mol. The second-order valence-corrected chi connectivity index (χ2v) is 1.88. The predicted molar refractivity (Wildman–Crippen MR) is 35.9 cm³/mol. The summed E-state index contributed by atoms with van der Waals surface area (Å²) in [6, 6.07) is 0. The SMILES string of the molecule is CC(=O)NC(=O)OCCCl. The molecule has 0 aliphatic rings. The average Bonchev–Trinajstić information content (AvgIpc) is 1.82. The lowest BCUT2D eigenvalue weighted by Crippen LogP contribution is -2.29. The molecule has 0 fully saturated rings. The van der Waals surface area contributed by atoms with E-state index >= 15 is 0 Å². The monoisotopic (exact) mass is 165 g/mol. The van der Waals surface area contributed by atoms with Crippen LogP contribution in [0, 0.1) is 0 Å². The second kappa shape index (κ2) is 5.05. The van der Waals surface area contributed by atoms with Gasteiger partial charge in [0.25, 0.3) is 0 Å². The van der Waals surface area contributed by atoms with Crippen LogP contribution in [-0.2, 0) is 9.53 Å². The van der Waals surface area contributed by atoms with Gasteiger partial charge in [0.2, 0.25) is 5.91 Å². The van der Waals surface area contributed by atoms with Crippen molar-refractivity contribution in [3.05, 3.63) is 0 Å². The van der Waals surface area contributed by atoms with Crippen molar-refractivity contribution < 1.29 is 14.3 Å². The van der Waals surface area contributed by atoms with E-state index in [1.54, 1.807) is 0 Å². The molecule has 0 aliphatic carbocycles. The Kier molecular flexibility index (Phi) is 4.66. The Labute approximate surface area is 63.5 Å². The largest absolute Gasteiger partial charge is 0.448 e. The number of nitrogens with one attached hydrogen (secondary N) is 1. The van der Waals surface area contributed by atoms with Crippen LogP contribution in [0.25, 0.3) is 0 Å². The number of carbonyl (C=O) groups is 2. The van der Waals surface area contributed by atoms with Crippen molar-refractivity contribution in [1.82, 2.24) is 5.32 Å². The van der Waals surface area contributed by atoms with E-state index in [2.05, 4.69) is 4.74 Å². The summed E-state index contributed by atoms with van der Waals surface area (Å²) in [6.07, 6.45) is -0.756. The summed E-state index contributed by atoms with van der Waals surface area (Å²) in [5.74, 6) is -0.217. The van der Waals surface area contributed by atoms with E-state index in [1.807, 2.05) is 5.32 Å². The van der Waals surface area contributed by atoms with Crippen LogP contribution in [0.5, 0.6) is 0 Å². The van der Waals surface area contributed by atoms with Crippen LogP contribution in [0.15, 0.2) is 0 Å². The number of imide groups is 1. The minimum Gasteiger partial charge on any atom is -0.448 e. The quantitative estimate of drug-likeness (QED) is 0.607. The second-order valence-electron chi connectivity index (χ2n) is 1.51. The molecule has 4 nitrogen and oxygen atoms in total. The van der Waals surface area contributed by atoms with Crippen molar-refractivity contribution in [3.8, 4) is 0 Å². The molecule has 0 heterocycles. The molecule has 0 aliphatic heterocycles. The molecule has 2 amide bonds. The molecular formula is C5H8ClNO3. The summed E-state index contributed by atoms with van der Waals surface area (Å²) < 4.78 is 4.40. The molecule has 0 aromatic heterocycles. The molecule has 0 spiro atoms. The topological polar surface area (TPSA) is 55.4 Å². The number of ether oxygens (including phenoxy) is 1. The standard InChI is InChI=1S/C5H8ClNO3/c1-4(8)7-5(9)10-3-2-6/h2-3H2,1H3,(H,7,8,9). The molecule has 5 heteroatoms. The predicted octanol–water partition coefficient (Wildman–Crippen LogP) is 0.498. The first-order valence-corrected chi connectivity index (χ1v) is 3.20. The molecule has 0 radical (unpaired) electrons. The van der Waals surface area contributed by atoms with Crippen molar-refractivity contribution in [3.63, 3.8) is 0 Å². The number of amides is 2. The molecule has 0 saturated carbocycles. The number of hydrogen-bond donors (Lipinski definition) is 1. The van der Waals surface area contributed by atoms with Gasteiger partial charge in [0.15, 0.2) is 0 Å². The van der Waals surface area contributed by atoms with Gasteiger partial charge in [-0.05, 0) is 0 Å². The lowest BCUT2D eigenvalue weighted by molar-refractivity contribution is -0.118. The highest BCUT2D eigenvalue weighted by Crippen LogP contribution is 1.79. The van der Waals surface area contributed by atoms with Crippen LogP contribution in [0.4, 0.5) is 4.79 Å². The first kappa shape index (κ1) is 9.23. The van der Waals surface area contributed by atoms with Crippen LogP contribution >= 0.6 is 11.6 Å². The van der Waals surface area contributed by atoms with Crippen molar-refractivity contribution in [1.29, 1.82) is 0 Å². The molecule has 0 rings (SSSR count). The summed E-state index contributed by atoms with van der Waals surface area (Å²) in [5, 5.41) is 1.92. The Bertz CT molecular complexity index is 137. The third kappa shape index (κ3) is 5.37. The number of carbonyl (C=O) groups excluding carboxylic acids is 2. The lowest BCUT2D eigenvalue weighted by atomic mass is 10.7. The fraction of sp³-hybridized carbons (Fsp3) is 0.600. The Morgan fingerprint density at radius 2 is 2.20 bits per heavy atom. The van der Waals surface area contributed by atoms with Crippen LogP contribution < -0.4 is 5.32 Å². The van der Waals surface area contributed by atoms with Crippen molar-refractivity contribution in [2.45, 2.75) is 6.92 Å². The molecule has 58 valence electrons. The van der Waals surface area contributed by atoms with Gasteiger partial charge in [-0.3, -0.25) is 10.1 Å². The molecule has 1 N–H and O–H groups in total. The summed E-state index contributed by atoms with van der Waals surface area (Å²) in [4.78, 5) is 20.6. The summed E-state index contributed by atoms with van der Waals surface area (Å²) in [7, 11) is 0. The van der Waals surface area contributed by atoms with E-state index < -0.39 is 12.0 Å². The summed E-state index contributed by atoms with van der Waals surface area (Å²) in [6.45, 7) is 1.34. The highest BCUT2D eigenvalue weighted by molar-refractivity contribution is 6.18. The van der Waals surface area contributed by atoms with Gasteiger partial charge in [0.05, 0.1) is 5.88 Å². The fourth-order valence-electron chi connectivity index (χ4n) is 0.311. The van der Waals surface area contributed by atoms with E-state index in [0.717, 1.165) is 0 Å². The summed E-state index contributed by atoms with van der Waals surface area (Å²) >= 11 is 5.19. The molecule has 0 bridgehead atoms. The zero-order chi connectivity index (χ0) is 7.98. The smallest absolute Gasteiger partial charge is 0.413 e. The van der Waals surface area contributed by atoms with Crippen LogP contribution in [0.3, 0.4) is 0 Å². The maximum absolute atomic E-state index is 10.4.